The van der Waals surface area contributed by atoms with Gasteiger partial charge in [-0.1, -0.05) is 30.3 Å². The van der Waals surface area contributed by atoms with E-state index in [1.54, 1.807) is 30.3 Å². The van der Waals surface area contributed by atoms with Crippen LogP contribution in [0.15, 0.2) is 48.5 Å². The Bertz CT molecular complexity index is 552. The molecule has 0 bridgehead atoms. The Kier molecular flexibility index (Phi) is 3.72. The predicted molar refractivity (Wildman–Crippen MR) is 67.0 cm³/mol. The topological polar surface area (TPSA) is 37.3 Å². The summed E-state index contributed by atoms with van der Waals surface area (Å²) in [4.78, 5) is 11.1. The summed E-state index contributed by atoms with van der Waals surface area (Å²) < 4.78 is 13.1. The second-order valence-electron chi connectivity index (χ2n) is 4.14. The molecule has 92 valence electrons. The highest BCUT2D eigenvalue weighted by Gasteiger charge is 2.15. The van der Waals surface area contributed by atoms with E-state index in [9.17, 15) is 14.3 Å². The van der Waals surface area contributed by atoms with E-state index in [2.05, 4.69) is 0 Å². The summed E-state index contributed by atoms with van der Waals surface area (Å²) in [5.74, 6) is -0.701. The molecule has 0 saturated carbocycles. The Labute approximate surface area is 105 Å². The molecule has 0 amide bonds. The molecule has 3 heteroatoms. The highest BCUT2D eigenvalue weighted by molar-refractivity contribution is 5.65. The normalized spacial score (nSPS) is 12.1. The van der Waals surface area contributed by atoms with E-state index in [1.165, 1.54) is 18.2 Å². The van der Waals surface area contributed by atoms with E-state index >= 15 is 0 Å². The van der Waals surface area contributed by atoms with Crippen molar-refractivity contribution in [3.05, 3.63) is 65.5 Å². The molecule has 0 aliphatic rings. The van der Waals surface area contributed by atoms with Gasteiger partial charge in [-0.05, 0) is 30.2 Å². The Morgan fingerprint density at radius 2 is 1.94 bits per heavy atom. The summed E-state index contributed by atoms with van der Waals surface area (Å²) in [6.45, 7) is 0. The first kappa shape index (κ1) is 12.3. The molecule has 0 radical (unpaired) electrons. The second kappa shape index (κ2) is 5.45. The summed E-state index contributed by atoms with van der Waals surface area (Å²) in [6.07, 6.45) is 1.15. The summed E-state index contributed by atoms with van der Waals surface area (Å²) in [5.41, 5.74) is 1.30. The van der Waals surface area contributed by atoms with Crippen LogP contribution in [0.5, 0.6) is 5.75 Å². The quantitative estimate of drug-likeness (QED) is 0.839. The number of rotatable bonds is 4. The van der Waals surface area contributed by atoms with Crippen molar-refractivity contribution < 1.29 is 14.3 Å². The first-order valence-electron chi connectivity index (χ1n) is 5.68. The molecule has 1 atom stereocenters. The van der Waals surface area contributed by atoms with Gasteiger partial charge in [-0.2, -0.15) is 0 Å². The van der Waals surface area contributed by atoms with Gasteiger partial charge in [0.05, 0.1) is 0 Å². The number of hydrogen-bond donors (Lipinski definition) is 1. The molecule has 2 aromatic carbocycles. The zero-order valence-corrected chi connectivity index (χ0v) is 9.71. The maximum Gasteiger partial charge on any atom is 0.127 e. The van der Waals surface area contributed by atoms with Crippen LogP contribution in [0.3, 0.4) is 0 Å². The van der Waals surface area contributed by atoms with Crippen molar-refractivity contribution in [1.82, 2.24) is 0 Å². The molecule has 1 N–H and O–H groups in total. The van der Waals surface area contributed by atoms with E-state index in [-0.39, 0.29) is 11.6 Å². The lowest BCUT2D eigenvalue weighted by Gasteiger charge is -2.12. The summed E-state index contributed by atoms with van der Waals surface area (Å²) in [6, 6.07) is 12.8. The Morgan fingerprint density at radius 3 is 2.61 bits per heavy atom. The molecule has 2 aromatic rings. The lowest BCUT2D eigenvalue weighted by atomic mass is 9.92. The maximum atomic E-state index is 13.1. The number of halogens is 1. The van der Waals surface area contributed by atoms with Gasteiger partial charge in [-0.15, -0.1) is 0 Å². The lowest BCUT2D eigenvalue weighted by molar-refractivity contribution is -0.109. The average molecular weight is 244 g/mol. The third kappa shape index (κ3) is 2.74. The van der Waals surface area contributed by atoms with Gasteiger partial charge >= 0.3 is 0 Å². The first-order chi connectivity index (χ1) is 8.70. The zero-order valence-electron chi connectivity index (χ0n) is 9.71. The van der Waals surface area contributed by atoms with Crippen molar-refractivity contribution >= 4 is 6.29 Å². The van der Waals surface area contributed by atoms with Gasteiger partial charge in [0.1, 0.15) is 17.9 Å². The minimum Gasteiger partial charge on any atom is -0.508 e. The molecule has 0 aliphatic carbocycles. The minimum absolute atomic E-state index is 0.0889. The molecule has 0 saturated heterocycles. The fourth-order valence-corrected chi connectivity index (χ4v) is 1.95. The SMILES string of the molecule is O=CC(Cc1cccc(F)c1)c1ccccc1O. The van der Waals surface area contributed by atoms with Gasteiger partial charge in [0.25, 0.3) is 0 Å². The van der Waals surface area contributed by atoms with Gasteiger partial charge in [-0.3, -0.25) is 0 Å². The lowest BCUT2D eigenvalue weighted by Crippen LogP contribution is -2.05. The van der Waals surface area contributed by atoms with E-state index in [0.717, 1.165) is 11.8 Å². The van der Waals surface area contributed by atoms with Crippen LogP contribution in [-0.2, 0) is 11.2 Å². The number of para-hydroxylation sites is 1. The third-order valence-electron chi connectivity index (χ3n) is 2.85. The van der Waals surface area contributed by atoms with Crippen LogP contribution in [0.25, 0.3) is 0 Å². The summed E-state index contributed by atoms with van der Waals surface area (Å²) >= 11 is 0. The first-order valence-corrected chi connectivity index (χ1v) is 5.68. The number of phenols is 1. The van der Waals surface area contributed by atoms with Crippen molar-refractivity contribution in [1.29, 1.82) is 0 Å². The smallest absolute Gasteiger partial charge is 0.127 e. The molecule has 0 heterocycles. The Morgan fingerprint density at radius 1 is 1.17 bits per heavy atom. The third-order valence-corrected chi connectivity index (χ3v) is 2.85. The van der Waals surface area contributed by atoms with Crippen LogP contribution in [-0.4, -0.2) is 11.4 Å². The largest absolute Gasteiger partial charge is 0.508 e. The molecular weight excluding hydrogens is 231 g/mol. The highest BCUT2D eigenvalue weighted by atomic mass is 19.1. The van der Waals surface area contributed by atoms with Gasteiger partial charge < -0.3 is 9.90 Å². The number of phenolic OH excluding ortho intramolecular Hbond substituents is 1. The fourth-order valence-electron chi connectivity index (χ4n) is 1.95. The van der Waals surface area contributed by atoms with Crippen LogP contribution in [0.4, 0.5) is 4.39 Å². The van der Waals surface area contributed by atoms with Gasteiger partial charge in [0, 0.05) is 11.5 Å². The minimum atomic E-state index is -0.465. The number of hydrogen-bond acceptors (Lipinski definition) is 2. The standard InChI is InChI=1S/C15H13FO2/c16-13-5-3-4-11(9-13)8-12(10-17)14-6-1-2-7-15(14)18/h1-7,9-10,12,18H,8H2. The molecule has 0 aromatic heterocycles. The van der Waals surface area contributed by atoms with Crippen molar-refractivity contribution in [2.45, 2.75) is 12.3 Å². The maximum absolute atomic E-state index is 13.1. The van der Waals surface area contributed by atoms with Crippen molar-refractivity contribution in [3.63, 3.8) is 0 Å². The summed E-state index contributed by atoms with van der Waals surface area (Å²) in [7, 11) is 0. The van der Waals surface area contributed by atoms with E-state index in [4.69, 9.17) is 0 Å². The van der Waals surface area contributed by atoms with Crippen molar-refractivity contribution in [2.24, 2.45) is 0 Å². The fraction of sp³-hybridized carbons (Fsp3) is 0.133. The van der Waals surface area contributed by atoms with Crippen LogP contribution < -0.4 is 0 Å². The molecule has 18 heavy (non-hydrogen) atoms. The molecular formula is C15H13FO2. The molecule has 0 spiro atoms. The second-order valence-corrected chi connectivity index (χ2v) is 4.14. The van der Waals surface area contributed by atoms with Crippen molar-refractivity contribution in [2.75, 3.05) is 0 Å². The van der Waals surface area contributed by atoms with Crippen molar-refractivity contribution in [3.8, 4) is 5.75 Å². The van der Waals surface area contributed by atoms with E-state index in [0.29, 0.717) is 12.0 Å². The van der Waals surface area contributed by atoms with Gasteiger partial charge in [0.2, 0.25) is 0 Å². The van der Waals surface area contributed by atoms with Gasteiger partial charge in [0.15, 0.2) is 0 Å². The van der Waals surface area contributed by atoms with Crippen LogP contribution in [0.2, 0.25) is 0 Å². The number of aromatic hydroxyl groups is 1. The average Bonchev–Trinajstić information content (AvgIpc) is 2.37. The molecule has 0 fully saturated rings. The molecule has 2 rings (SSSR count). The number of aldehydes is 1. The number of carbonyl (C=O) groups is 1. The van der Waals surface area contributed by atoms with E-state index in [1.807, 2.05) is 0 Å². The summed E-state index contributed by atoms with van der Waals surface area (Å²) in [5, 5.41) is 9.71. The Hall–Kier alpha value is -2.16. The van der Waals surface area contributed by atoms with Crippen LogP contribution in [0.1, 0.15) is 17.0 Å². The molecule has 0 aliphatic heterocycles. The number of carbonyl (C=O) groups excluding carboxylic acids is 1. The zero-order chi connectivity index (χ0) is 13.0. The Balaban J connectivity index is 2.25. The van der Waals surface area contributed by atoms with Gasteiger partial charge in [-0.25, -0.2) is 4.39 Å². The molecule has 2 nitrogen and oxygen atoms in total. The predicted octanol–water partition coefficient (Wildman–Crippen LogP) is 3.06. The monoisotopic (exact) mass is 244 g/mol. The highest BCUT2D eigenvalue weighted by Crippen LogP contribution is 2.27. The van der Waals surface area contributed by atoms with E-state index < -0.39 is 5.92 Å². The number of benzene rings is 2. The molecule has 1 unspecified atom stereocenters. The van der Waals surface area contributed by atoms with Crippen LogP contribution >= 0.6 is 0 Å². The van der Waals surface area contributed by atoms with Crippen LogP contribution in [0, 0.1) is 5.82 Å².